The molecule has 6 heteroatoms. The Bertz CT molecular complexity index is 878. The van der Waals surface area contributed by atoms with E-state index in [1.165, 1.54) is 6.33 Å². The maximum atomic E-state index is 6.16. The van der Waals surface area contributed by atoms with Gasteiger partial charge in [-0.3, -0.25) is 0 Å². The quantitative estimate of drug-likeness (QED) is 0.730. The molecule has 128 valence electrons. The zero-order valence-electron chi connectivity index (χ0n) is 14.3. The van der Waals surface area contributed by atoms with Gasteiger partial charge in [0, 0.05) is 47.1 Å². The van der Waals surface area contributed by atoms with E-state index in [1.54, 1.807) is 12.4 Å². The maximum Gasteiger partial charge on any atom is 0.115 e. The molecule has 1 aromatic carbocycles. The highest BCUT2D eigenvalue weighted by atomic mass is 35.5. The van der Waals surface area contributed by atoms with Gasteiger partial charge in [0.05, 0.1) is 11.2 Å². The van der Waals surface area contributed by atoms with Crippen LogP contribution in [0.15, 0.2) is 43.0 Å². The van der Waals surface area contributed by atoms with Gasteiger partial charge in [-0.2, -0.15) is 0 Å². The van der Waals surface area contributed by atoms with E-state index < -0.39 is 0 Å². The monoisotopic (exact) mass is 353 g/mol. The second kappa shape index (κ2) is 8.05. The largest absolute Gasteiger partial charge is 0.383 e. The van der Waals surface area contributed by atoms with Crippen molar-refractivity contribution < 1.29 is 0 Å². The Labute approximate surface area is 152 Å². The summed E-state index contributed by atoms with van der Waals surface area (Å²) >= 11 is 6.16. The molecule has 0 aliphatic carbocycles. The van der Waals surface area contributed by atoms with Crippen LogP contribution in [0.25, 0.3) is 23.1 Å². The number of pyridine rings is 1. The van der Waals surface area contributed by atoms with Crippen molar-refractivity contribution in [3.8, 4) is 0 Å². The lowest BCUT2D eigenvalue weighted by molar-refractivity contribution is 0.425. The summed E-state index contributed by atoms with van der Waals surface area (Å²) in [5.41, 5.74) is 3.73. The van der Waals surface area contributed by atoms with Gasteiger partial charge in [0.2, 0.25) is 0 Å². The molecule has 2 heterocycles. The molecule has 5 nitrogen and oxygen atoms in total. The highest BCUT2D eigenvalue weighted by Crippen LogP contribution is 2.27. The smallest absolute Gasteiger partial charge is 0.115 e. The van der Waals surface area contributed by atoms with E-state index in [-0.39, 0.29) is 0 Å². The van der Waals surface area contributed by atoms with Crippen LogP contribution in [-0.2, 0) is 0 Å². The van der Waals surface area contributed by atoms with E-state index in [2.05, 4.69) is 34.3 Å². The van der Waals surface area contributed by atoms with Crippen LogP contribution in [0, 0.1) is 0 Å². The number of rotatable bonds is 6. The van der Waals surface area contributed by atoms with Gasteiger partial charge in [-0.05, 0) is 50.5 Å². The SMILES string of the molecule is CN(C)CCNc1cc(/C=C/c2cncnc2)nc2ccc(Cl)cc12. The summed E-state index contributed by atoms with van der Waals surface area (Å²) in [5.74, 6) is 0. The number of likely N-dealkylation sites (N-methyl/N-ethyl adjacent to an activating group) is 1. The van der Waals surface area contributed by atoms with Gasteiger partial charge in [0.1, 0.15) is 6.33 Å². The first-order chi connectivity index (χ1) is 12.1. The van der Waals surface area contributed by atoms with Crippen molar-refractivity contribution in [3.05, 3.63) is 59.3 Å². The normalized spacial score (nSPS) is 11.5. The fourth-order valence-electron chi connectivity index (χ4n) is 2.44. The molecule has 0 saturated carbocycles. The summed E-state index contributed by atoms with van der Waals surface area (Å²) in [6, 6.07) is 7.78. The molecule has 1 N–H and O–H groups in total. The lowest BCUT2D eigenvalue weighted by atomic mass is 10.1. The summed E-state index contributed by atoms with van der Waals surface area (Å²) in [6.07, 6.45) is 8.96. The summed E-state index contributed by atoms with van der Waals surface area (Å²) in [5, 5.41) is 5.21. The maximum absolute atomic E-state index is 6.16. The van der Waals surface area contributed by atoms with Crippen LogP contribution >= 0.6 is 11.6 Å². The average molecular weight is 354 g/mol. The zero-order valence-corrected chi connectivity index (χ0v) is 15.0. The number of fused-ring (bicyclic) bond motifs is 1. The first-order valence-electron chi connectivity index (χ1n) is 8.04. The third kappa shape index (κ3) is 4.75. The molecule has 0 spiro atoms. The van der Waals surface area contributed by atoms with Crippen molar-refractivity contribution in [2.24, 2.45) is 0 Å². The van der Waals surface area contributed by atoms with E-state index in [1.807, 2.05) is 36.4 Å². The molecule has 0 bridgehead atoms. The van der Waals surface area contributed by atoms with Crippen LogP contribution in [0.3, 0.4) is 0 Å². The molecule has 0 atom stereocenters. The number of hydrogen-bond acceptors (Lipinski definition) is 5. The zero-order chi connectivity index (χ0) is 17.6. The van der Waals surface area contributed by atoms with Gasteiger partial charge in [0.25, 0.3) is 0 Å². The summed E-state index contributed by atoms with van der Waals surface area (Å²) in [7, 11) is 4.11. The summed E-state index contributed by atoms with van der Waals surface area (Å²) < 4.78 is 0. The van der Waals surface area contributed by atoms with Gasteiger partial charge in [0.15, 0.2) is 0 Å². The van der Waals surface area contributed by atoms with Gasteiger partial charge >= 0.3 is 0 Å². The fourth-order valence-corrected chi connectivity index (χ4v) is 2.61. The Morgan fingerprint density at radius 2 is 1.92 bits per heavy atom. The lowest BCUT2D eigenvalue weighted by Crippen LogP contribution is -2.20. The van der Waals surface area contributed by atoms with E-state index in [4.69, 9.17) is 16.6 Å². The third-order valence-electron chi connectivity index (χ3n) is 3.69. The second-order valence-corrected chi connectivity index (χ2v) is 6.43. The predicted octanol–water partition coefficient (Wildman–Crippen LogP) is 3.82. The molecule has 0 amide bonds. The Kier molecular flexibility index (Phi) is 5.58. The fraction of sp³-hybridized carbons (Fsp3) is 0.211. The minimum Gasteiger partial charge on any atom is -0.383 e. The summed E-state index contributed by atoms with van der Waals surface area (Å²) in [4.78, 5) is 14.9. The van der Waals surface area contributed by atoms with Gasteiger partial charge in [-0.1, -0.05) is 11.6 Å². The Morgan fingerprint density at radius 1 is 1.12 bits per heavy atom. The summed E-state index contributed by atoms with van der Waals surface area (Å²) in [6.45, 7) is 1.78. The van der Waals surface area contributed by atoms with Gasteiger partial charge in [-0.15, -0.1) is 0 Å². The molecular formula is C19H20ClN5. The molecule has 0 unspecified atom stereocenters. The van der Waals surface area contributed by atoms with Crippen molar-refractivity contribution in [2.75, 3.05) is 32.5 Å². The molecule has 2 aromatic heterocycles. The van der Waals surface area contributed by atoms with Crippen LogP contribution in [0.5, 0.6) is 0 Å². The second-order valence-electron chi connectivity index (χ2n) is 5.99. The topological polar surface area (TPSA) is 53.9 Å². The first-order valence-corrected chi connectivity index (χ1v) is 8.41. The predicted molar refractivity (Wildman–Crippen MR) is 105 cm³/mol. The minimum absolute atomic E-state index is 0.703. The van der Waals surface area contributed by atoms with Crippen LogP contribution < -0.4 is 5.32 Å². The Morgan fingerprint density at radius 3 is 2.68 bits per heavy atom. The number of nitrogens with zero attached hydrogens (tertiary/aromatic N) is 4. The standard InChI is InChI=1S/C19H20ClN5/c1-25(2)8-7-23-19-10-16(5-3-14-11-21-13-22-12-14)24-18-6-4-15(20)9-17(18)19/h3-6,9-13H,7-8H2,1-2H3,(H,23,24)/b5-3+. The molecule has 0 fully saturated rings. The van der Waals surface area contributed by atoms with Crippen molar-refractivity contribution in [3.63, 3.8) is 0 Å². The van der Waals surface area contributed by atoms with E-state index >= 15 is 0 Å². The van der Waals surface area contributed by atoms with Crippen LogP contribution in [0.4, 0.5) is 5.69 Å². The first kappa shape index (κ1) is 17.3. The average Bonchev–Trinajstić information content (AvgIpc) is 2.61. The minimum atomic E-state index is 0.703. The molecule has 25 heavy (non-hydrogen) atoms. The van der Waals surface area contributed by atoms with E-state index in [9.17, 15) is 0 Å². The number of aromatic nitrogens is 3. The van der Waals surface area contributed by atoms with Gasteiger partial charge in [-0.25, -0.2) is 15.0 Å². The molecule has 0 radical (unpaired) electrons. The van der Waals surface area contributed by atoms with Crippen molar-refractivity contribution in [1.82, 2.24) is 19.9 Å². The molecule has 0 aliphatic heterocycles. The van der Waals surface area contributed by atoms with Crippen molar-refractivity contribution in [2.45, 2.75) is 0 Å². The number of nitrogens with one attached hydrogen (secondary N) is 1. The van der Waals surface area contributed by atoms with Crippen molar-refractivity contribution >= 4 is 40.3 Å². The number of benzene rings is 1. The van der Waals surface area contributed by atoms with Gasteiger partial charge < -0.3 is 10.2 Å². The Balaban J connectivity index is 1.93. The number of anilines is 1. The number of halogens is 1. The molecule has 0 saturated heterocycles. The van der Waals surface area contributed by atoms with Crippen molar-refractivity contribution in [1.29, 1.82) is 0 Å². The van der Waals surface area contributed by atoms with Crippen LogP contribution in [-0.4, -0.2) is 47.0 Å². The molecular weight excluding hydrogens is 334 g/mol. The van der Waals surface area contributed by atoms with Crippen LogP contribution in [0.1, 0.15) is 11.3 Å². The third-order valence-corrected chi connectivity index (χ3v) is 3.93. The van der Waals surface area contributed by atoms with Crippen LogP contribution in [0.2, 0.25) is 5.02 Å². The van der Waals surface area contributed by atoms with E-state index in [0.717, 1.165) is 40.9 Å². The molecule has 0 aliphatic rings. The highest BCUT2D eigenvalue weighted by Gasteiger charge is 2.06. The number of hydrogen-bond donors (Lipinski definition) is 1. The lowest BCUT2D eigenvalue weighted by Gasteiger charge is -2.14. The highest BCUT2D eigenvalue weighted by molar-refractivity contribution is 6.31. The van der Waals surface area contributed by atoms with E-state index in [0.29, 0.717) is 5.02 Å². The molecule has 3 rings (SSSR count). The molecule has 3 aromatic rings. The Hall–Kier alpha value is -2.50.